The number of aromatic hydroxyl groups is 1. The van der Waals surface area contributed by atoms with Gasteiger partial charge in [-0.3, -0.25) is 0 Å². The lowest BCUT2D eigenvalue weighted by Gasteiger charge is -2.01. The van der Waals surface area contributed by atoms with Crippen LogP contribution in [0.2, 0.25) is 0 Å². The van der Waals surface area contributed by atoms with Crippen molar-refractivity contribution in [1.82, 2.24) is 0 Å². The molecule has 0 fully saturated rings. The lowest BCUT2D eigenvalue weighted by Crippen LogP contribution is -1.97. The molecule has 0 heterocycles. The lowest BCUT2D eigenvalue weighted by atomic mass is 10.2. The Balaban J connectivity index is 3.14. The summed E-state index contributed by atoms with van der Waals surface area (Å²) in [5.74, 6) is -4.27. The van der Waals surface area contributed by atoms with Crippen LogP contribution >= 0.6 is 10.7 Å². The molecule has 0 saturated carbocycles. The van der Waals surface area contributed by atoms with Gasteiger partial charge in [-0.15, -0.1) is 0 Å². The first-order chi connectivity index (χ1) is 6.29. The zero-order valence-electron chi connectivity index (χ0n) is 6.67. The molecule has 0 bridgehead atoms. The molecule has 14 heavy (non-hydrogen) atoms. The van der Waals surface area contributed by atoms with E-state index in [1.807, 2.05) is 0 Å². The van der Waals surface area contributed by atoms with Crippen molar-refractivity contribution < 1.29 is 22.3 Å². The van der Waals surface area contributed by atoms with Crippen LogP contribution in [0.1, 0.15) is 5.56 Å². The van der Waals surface area contributed by atoms with Gasteiger partial charge in [0.2, 0.25) is 9.05 Å². The standard InChI is InChI=1S/C7H5ClF2O3S/c8-14(12,13)3-4-1-5(9)7(11)6(10)2-4/h1-2,11H,3H2. The average molecular weight is 243 g/mol. The van der Waals surface area contributed by atoms with E-state index in [2.05, 4.69) is 0 Å². The Morgan fingerprint density at radius 1 is 1.29 bits per heavy atom. The fourth-order valence-corrected chi connectivity index (χ4v) is 1.84. The molecule has 1 aromatic rings. The minimum absolute atomic E-state index is 0.159. The number of halogens is 3. The zero-order valence-corrected chi connectivity index (χ0v) is 8.24. The van der Waals surface area contributed by atoms with Crippen molar-refractivity contribution in [2.24, 2.45) is 0 Å². The quantitative estimate of drug-likeness (QED) is 0.804. The van der Waals surface area contributed by atoms with Crippen LogP contribution in [0.25, 0.3) is 0 Å². The summed E-state index contributed by atoms with van der Waals surface area (Å²) in [4.78, 5) is 0. The van der Waals surface area contributed by atoms with Gasteiger partial charge in [0.25, 0.3) is 0 Å². The van der Waals surface area contributed by atoms with Crippen LogP contribution in [0.4, 0.5) is 8.78 Å². The van der Waals surface area contributed by atoms with Crippen LogP contribution < -0.4 is 0 Å². The van der Waals surface area contributed by atoms with Gasteiger partial charge in [0, 0.05) is 10.7 Å². The second-order valence-corrected chi connectivity index (χ2v) is 5.37. The maximum Gasteiger partial charge on any atom is 0.236 e. The van der Waals surface area contributed by atoms with Gasteiger partial charge in [0.1, 0.15) is 0 Å². The Labute approximate surface area is 83.4 Å². The van der Waals surface area contributed by atoms with Crippen LogP contribution in [0, 0.1) is 11.6 Å². The molecule has 0 saturated heterocycles. The van der Waals surface area contributed by atoms with Crippen molar-refractivity contribution in [3.63, 3.8) is 0 Å². The molecule has 0 spiro atoms. The van der Waals surface area contributed by atoms with Crippen molar-refractivity contribution in [2.75, 3.05) is 0 Å². The summed E-state index contributed by atoms with van der Waals surface area (Å²) in [6.45, 7) is 0. The second kappa shape index (κ2) is 3.70. The molecule has 0 aliphatic rings. The molecule has 78 valence electrons. The van der Waals surface area contributed by atoms with Crippen molar-refractivity contribution in [2.45, 2.75) is 5.75 Å². The first-order valence-electron chi connectivity index (χ1n) is 3.39. The van der Waals surface area contributed by atoms with Crippen molar-refractivity contribution in [3.05, 3.63) is 29.3 Å². The maximum atomic E-state index is 12.7. The second-order valence-electron chi connectivity index (χ2n) is 2.59. The summed E-state index contributed by atoms with van der Waals surface area (Å²) in [5.41, 5.74) is -0.159. The summed E-state index contributed by atoms with van der Waals surface area (Å²) in [6, 6.07) is 1.41. The highest BCUT2D eigenvalue weighted by Gasteiger charge is 2.13. The maximum absolute atomic E-state index is 12.7. The molecule has 0 radical (unpaired) electrons. The zero-order chi connectivity index (χ0) is 10.9. The molecule has 1 N–H and O–H groups in total. The normalized spacial score (nSPS) is 11.6. The van der Waals surface area contributed by atoms with Gasteiger partial charge in [-0.1, -0.05) is 0 Å². The molecule has 0 aliphatic carbocycles. The average Bonchev–Trinajstić information content (AvgIpc) is 1.96. The number of phenols is 1. The van der Waals surface area contributed by atoms with E-state index >= 15 is 0 Å². The van der Waals surface area contributed by atoms with E-state index < -0.39 is 32.2 Å². The summed E-state index contributed by atoms with van der Waals surface area (Å²) in [5, 5.41) is 8.70. The Morgan fingerprint density at radius 3 is 2.07 bits per heavy atom. The topological polar surface area (TPSA) is 54.4 Å². The molecule has 3 nitrogen and oxygen atoms in total. The van der Waals surface area contributed by atoms with E-state index in [9.17, 15) is 17.2 Å². The number of hydrogen-bond acceptors (Lipinski definition) is 3. The van der Waals surface area contributed by atoms with E-state index in [-0.39, 0.29) is 5.56 Å². The van der Waals surface area contributed by atoms with E-state index in [4.69, 9.17) is 15.8 Å². The molecule has 0 aromatic heterocycles. The Kier molecular flexibility index (Phi) is 2.96. The monoisotopic (exact) mass is 242 g/mol. The molecule has 0 unspecified atom stereocenters. The van der Waals surface area contributed by atoms with E-state index in [0.29, 0.717) is 12.1 Å². The number of hydrogen-bond donors (Lipinski definition) is 1. The lowest BCUT2D eigenvalue weighted by molar-refractivity contribution is 0.395. The minimum Gasteiger partial charge on any atom is -0.503 e. The highest BCUT2D eigenvalue weighted by Crippen LogP contribution is 2.22. The molecule has 0 amide bonds. The highest BCUT2D eigenvalue weighted by molar-refractivity contribution is 8.13. The van der Waals surface area contributed by atoms with Crippen molar-refractivity contribution in [3.8, 4) is 5.75 Å². The van der Waals surface area contributed by atoms with Gasteiger partial charge in [-0.25, -0.2) is 17.2 Å². The summed E-state index contributed by atoms with van der Waals surface area (Å²) in [6.07, 6.45) is 0. The van der Waals surface area contributed by atoms with Gasteiger partial charge < -0.3 is 5.11 Å². The minimum atomic E-state index is -3.87. The Hall–Kier alpha value is -0.880. The van der Waals surface area contributed by atoms with Gasteiger partial charge in [-0.05, 0) is 17.7 Å². The fraction of sp³-hybridized carbons (Fsp3) is 0.143. The third-order valence-electron chi connectivity index (χ3n) is 1.42. The van der Waals surface area contributed by atoms with Crippen LogP contribution in [-0.2, 0) is 14.8 Å². The van der Waals surface area contributed by atoms with Gasteiger partial charge in [-0.2, -0.15) is 0 Å². The predicted octanol–water partition coefficient (Wildman–Crippen LogP) is 1.74. The molecular formula is C7H5ClF2O3S. The molecule has 7 heteroatoms. The molecule has 0 atom stereocenters. The van der Waals surface area contributed by atoms with Crippen LogP contribution in [0.5, 0.6) is 5.75 Å². The van der Waals surface area contributed by atoms with E-state index in [1.165, 1.54) is 0 Å². The summed E-state index contributed by atoms with van der Waals surface area (Å²) in [7, 11) is 1.01. The molecular weight excluding hydrogens is 238 g/mol. The fourth-order valence-electron chi connectivity index (χ4n) is 0.900. The van der Waals surface area contributed by atoms with Gasteiger partial charge in [0.05, 0.1) is 5.75 Å². The Bertz CT molecular complexity index is 435. The van der Waals surface area contributed by atoms with Crippen LogP contribution in [-0.4, -0.2) is 13.5 Å². The largest absolute Gasteiger partial charge is 0.503 e. The number of phenolic OH excluding ortho intramolecular Hbond substituents is 1. The third kappa shape index (κ3) is 2.81. The first-order valence-corrected chi connectivity index (χ1v) is 5.86. The van der Waals surface area contributed by atoms with Gasteiger partial charge >= 0.3 is 0 Å². The van der Waals surface area contributed by atoms with Crippen molar-refractivity contribution >= 4 is 19.7 Å². The van der Waals surface area contributed by atoms with E-state index in [1.54, 1.807) is 0 Å². The van der Waals surface area contributed by atoms with Crippen molar-refractivity contribution in [1.29, 1.82) is 0 Å². The van der Waals surface area contributed by atoms with Crippen LogP contribution in [0.3, 0.4) is 0 Å². The first kappa shape index (κ1) is 11.2. The SMILES string of the molecule is O=S(=O)(Cl)Cc1cc(F)c(O)c(F)c1. The number of rotatable bonds is 2. The summed E-state index contributed by atoms with van der Waals surface area (Å²) < 4.78 is 46.5. The van der Waals surface area contributed by atoms with Crippen LogP contribution in [0.15, 0.2) is 12.1 Å². The smallest absolute Gasteiger partial charge is 0.236 e. The molecule has 0 aliphatic heterocycles. The molecule has 1 rings (SSSR count). The molecule has 1 aromatic carbocycles. The third-order valence-corrected chi connectivity index (χ3v) is 2.42. The van der Waals surface area contributed by atoms with E-state index in [0.717, 1.165) is 0 Å². The predicted molar refractivity (Wildman–Crippen MR) is 46.5 cm³/mol. The highest BCUT2D eigenvalue weighted by atomic mass is 35.7. The van der Waals surface area contributed by atoms with Gasteiger partial charge in [0.15, 0.2) is 17.4 Å². The Morgan fingerprint density at radius 2 is 1.71 bits per heavy atom. The number of benzene rings is 1. The summed E-state index contributed by atoms with van der Waals surface area (Å²) >= 11 is 0.